The Morgan fingerprint density at radius 1 is 1.38 bits per heavy atom. The molecule has 1 aliphatic heterocycles. The highest BCUT2D eigenvalue weighted by molar-refractivity contribution is 5.24. The van der Waals surface area contributed by atoms with Crippen LogP contribution in [0.2, 0.25) is 0 Å². The minimum Gasteiger partial charge on any atom is -0.407 e. The summed E-state index contributed by atoms with van der Waals surface area (Å²) in [6.45, 7) is 8.05. The zero-order valence-electron chi connectivity index (χ0n) is 12.9. The van der Waals surface area contributed by atoms with Crippen molar-refractivity contribution < 1.29 is 14.3 Å². The maximum atomic E-state index is 8.76. The molecule has 120 valence electrons. The monoisotopic (exact) mass is 298 g/mol. The summed E-state index contributed by atoms with van der Waals surface area (Å²) in [5, 5.41) is 20.2. The van der Waals surface area contributed by atoms with Gasteiger partial charge in [0, 0.05) is 13.1 Å². The smallest absolute Gasteiger partial charge is 0.318 e. The first-order valence-corrected chi connectivity index (χ1v) is 7.69. The predicted octanol–water partition coefficient (Wildman–Crippen LogP) is 0.793. The van der Waals surface area contributed by atoms with Crippen molar-refractivity contribution in [3.8, 4) is 0 Å². The van der Waals surface area contributed by atoms with Crippen molar-refractivity contribution in [1.29, 1.82) is 0 Å². The largest absolute Gasteiger partial charge is 0.407 e. The Labute approximate surface area is 125 Å². The molecule has 1 aromatic rings. The summed E-state index contributed by atoms with van der Waals surface area (Å²) in [6.07, 6.45) is 2.07. The summed E-state index contributed by atoms with van der Waals surface area (Å²) in [6, 6.07) is 0.594. The topological polar surface area (TPSA) is 83.7 Å². The molecular weight excluding hydrogens is 272 g/mol. The maximum Gasteiger partial charge on any atom is 0.318 e. The number of rotatable bonds is 8. The lowest BCUT2D eigenvalue weighted by atomic mass is 10.1. The van der Waals surface area contributed by atoms with E-state index in [0.29, 0.717) is 31.0 Å². The second-order valence-corrected chi connectivity index (χ2v) is 5.78. The number of nitrogens with zero attached hydrogens (tertiary/aromatic N) is 3. The Bertz CT molecular complexity index is 403. The molecule has 0 unspecified atom stereocenters. The molecule has 21 heavy (non-hydrogen) atoms. The number of ether oxygens (including phenoxy) is 1. The van der Waals surface area contributed by atoms with E-state index in [1.165, 1.54) is 0 Å². The molecule has 2 N–H and O–H groups in total. The molecule has 2 heterocycles. The number of aliphatic hydroxyl groups is 1. The van der Waals surface area contributed by atoms with E-state index in [-0.39, 0.29) is 12.7 Å². The van der Waals surface area contributed by atoms with Gasteiger partial charge in [-0.3, -0.25) is 0 Å². The summed E-state index contributed by atoms with van der Waals surface area (Å²) < 4.78 is 11.2. The number of piperidine rings is 1. The van der Waals surface area contributed by atoms with E-state index in [1.54, 1.807) is 0 Å². The van der Waals surface area contributed by atoms with Crippen LogP contribution < -0.4 is 10.2 Å². The van der Waals surface area contributed by atoms with Gasteiger partial charge in [-0.25, -0.2) is 0 Å². The molecule has 7 heteroatoms. The van der Waals surface area contributed by atoms with Crippen molar-refractivity contribution in [2.75, 3.05) is 37.7 Å². The first-order chi connectivity index (χ1) is 10.2. The fraction of sp³-hybridized carbons (Fsp3) is 0.857. The Kier molecular flexibility index (Phi) is 6.41. The number of hydrogen-bond donors (Lipinski definition) is 2. The summed E-state index contributed by atoms with van der Waals surface area (Å²) in [4.78, 5) is 2.09. The van der Waals surface area contributed by atoms with Gasteiger partial charge >= 0.3 is 6.01 Å². The van der Waals surface area contributed by atoms with Gasteiger partial charge in [-0.1, -0.05) is 18.9 Å². The minimum absolute atomic E-state index is 0.0800. The Balaban J connectivity index is 1.74. The lowest BCUT2D eigenvalue weighted by Crippen LogP contribution is -2.37. The second kappa shape index (κ2) is 8.31. The third kappa shape index (κ3) is 5.26. The lowest BCUT2D eigenvalue weighted by molar-refractivity contribution is 0.0154. The van der Waals surface area contributed by atoms with Gasteiger partial charge in [0.25, 0.3) is 0 Å². The van der Waals surface area contributed by atoms with Crippen LogP contribution in [-0.4, -0.2) is 54.3 Å². The Morgan fingerprint density at radius 3 is 2.81 bits per heavy atom. The lowest BCUT2D eigenvalue weighted by Gasteiger charge is -2.30. The Morgan fingerprint density at radius 2 is 2.14 bits per heavy atom. The van der Waals surface area contributed by atoms with Crippen LogP contribution in [0.3, 0.4) is 0 Å². The summed E-state index contributed by atoms with van der Waals surface area (Å²) in [5.41, 5.74) is 0. The van der Waals surface area contributed by atoms with Gasteiger partial charge in [0.2, 0.25) is 5.89 Å². The molecule has 0 aliphatic carbocycles. The first kappa shape index (κ1) is 16.2. The van der Waals surface area contributed by atoms with Crippen LogP contribution in [0.5, 0.6) is 0 Å². The molecule has 0 saturated carbocycles. The molecule has 7 nitrogen and oxygen atoms in total. The van der Waals surface area contributed by atoms with E-state index < -0.39 is 0 Å². The molecule has 0 atom stereocenters. The highest BCUT2D eigenvalue weighted by atomic mass is 16.5. The van der Waals surface area contributed by atoms with E-state index in [0.717, 1.165) is 32.5 Å². The van der Waals surface area contributed by atoms with Crippen LogP contribution in [0.25, 0.3) is 0 Å². The zero-order valence-corrected chi connectivity index (χ0v) is 12.9. The van der Waals surface area contributed by atoms with E-state index in [2.05, 4.69) is 34.3 Å². The summed E-state index contributed by atoms with van der Waals surface area (Å²) in [5.74, 6) is 1.23. The SMILES string of the molecule is CC(C)CNCc1nnc(N2CCC(OCCO)CC2)o1. The van der Waals surface area contributed by atoms with Crippen LogP contribution in [0.4, 0.5) is 6.01 Å². The van der Waals surface area contributed by atoms with Gasteiger partial charge in [-0.2, -0.15) is 0 Å². The molecule has 0 amide bonds. The van der Waals surface area contributed by atoms with Gasteiger partial charge in [0.1, 0.15) is 0 Å². The van der Waals surface area contributed by atoms with E-state index in [9.17, 15) is 0 Å². The normalized spacial score (nSPS) is 16.9. The average molecular weight is 298 g/mol. The number of hydrogen-bond acceptors (Lipinski definition) is 7. The van der Waals surface area contributed by atoms with Crippen LogP contribution in [0.1, 0.15) is 32.6 Å². The third-order valence-corrected chi connectivity index (χ3v) is 3.44. The number of anilines is 1. The minimum atomic E-state index is 0.0800. The molecule has 1 aliphatic rings. The number of aliphatic hydroxyl groups excluding tert-OH is 1. The predicted molar refractivity (Wildman–Crippen MR) is 79.1 cm³/mol. The molecule has 0 radical (unpaired) electrons. The van der Waals surface area contributed by atoms with Crippen LogP contribution >= 0.6 is 0 Å². The van der Waals surface area contributed by atoms with E-state index in [4.69, 9.17) is 14.3 Å². The highest BCUT2D eigenvalue weighted by Gasteiger charge is 2.23. The molecule has 1 saturated heterocycles. The van der Waals surface area contributed by atoms with Crippen molar-refractivity contribution in [3.05, 3.63) is 5.89 Å². The zero-order chi connectivity index (χ0) is 15.1. The molecule has 0 bridgehead atoms. The summed E-state index contributed by atoms with van der Waals surface area (Å²) >= 11 is 0. The molecule has 0 spiro atoms. The second-order valence-electron chi connectivity index (χ2n) is 5.78. The number of aromatic nitrogens is 2. The quantitative estimate of drug-likeness (QED) is 0.734. The van der Waals surface area contributed by atoms with Crippen molar-refractivity contribution in [3.63, 3.8) is 0 Å². The van der Waals surface area contributed by atoms with E-state index >= 15 is 0 Å². The molecule has 1 fully saturated rings. The van der Waals surface area contributed by atoms with Gasteiger partial charge < -0.3 is 24.5 Å². The summed E-state index contributed by atoms with van der Waals surface area (Å²) in [7, 11) is 0. The van der Waals surface area contributed by atoms with Gasteiger partial charge in [-0.15, -0.1) is 5.10 Å². The van der Waals surface area contributed by atoms with Gasteiger partial charge in [0.15, 0.2) is 0 Å². The van der Waals surface area contributed by atoms with Crippen molar-refractivity contribution in [2.24, 2.45) is 5.92 Å². The van der Waals surface area contributed by atoms with E-state index in [1.807, 2.05) is 0 Å². The van der Waals surface area contributed by atoms with Crippen molar-refractivity contribution in [2.45, 2.75) is 39.3 Å². The molecule has 0 aromatic carbocycles. The highest BCUT2D eigenvalue weighted by Crippen LogP contribution is 2.20. The van der Waals surface area contributed by atoms with Crippen LogP contribution in [0, 0.1) is 5.92 Å². The maximum absolute atomic E-state index is 8.76. The number of nitrogens with one attached hydrogen (secondary N) is 1. The average Bonchev–Trinajstić information content (AvgIpc) is 2.94. The van der Waals surface area contributed by atoms with Gasteiger partial charge in [-0.05, 0) is 25.3 Å². The van der Waals surface area contributed by atoms with Crippen LogP contribution in [-0.2, 0) is 11.3 Å². The Hall–Kier alpha value is -1.18. The van der Waals surface area contributed by atoms with Gasteiger partial charge in [0.05, 0.1) is 25.9 Å². The molecule has 1 aromatic heterocycles. The first-order valence-electron chi connectivity index (χ1n) is 7.69. The van der Waals surface area contributed by atoms with Crippen molar-refractivity contribution in [1.82, 2.24) is 15.5 Å². The molecule has 2 rings (SSSR count). The van der Waals surface area contributed by atoms with Crippen molar-refractivity contribution >= 4 is 6.01 Å². The fourth-order valence-electron chi connectivity index (χ4n) is 2.34. The standard InChI is InChI=1S/C14H26N4O3/c1-11(2)9-15-10-13-16-17-14(21-13)18-5-3-12(4-6-18)20-8-7-19/h11-12,15,19H,3-10H2,1-2H3. The fourth-order valence-corrected chi connectivity index (χ4v) is 2.34. The third-order valence-electron chi connectivity index (χ3n) is 3.44. The molecular formula is C14H26N4O3. The van der Waals surface area contributed by atoms with Crippen LogP contribution in [0.15, 0.2) is 4.42 Å².